The van der Waals surface area contributed by atoms with Gasteiger partial charge in [0.05, 0.1) is 6.04 Å². The van der Waals surface area contributed by atoms with Crippen molar-refractivity contribution in [1.82, 2.24) is 9.44 Å². The van der Waals surface area contributed by atoms with E-state index in [4.69, 9.17) is 10.9 Å². The Morgan fingerprint density at radius 2 is 2.06 bits per heavy atom. The Bertz CT molecular complexity index is 361. The molecule has 0 bridgehead atoms. The van der Waals surface area contributed by atoms with Crippen LogP contribution in [0.4, 0.5) is 0 Å². The van der Waals surface area contributed by atoms with E-state index < -0.39 is 16.3 Å². The second-order valence-corrected chi connectivity index (χ2v) is 5.74. The number of rotatable bonds is 6. The van der Waals surface area contributed by atoms with Crippen molar-refractivity contribution in [2.45, 2.75) is 38.8 Å². The number of nitrogens with one attached hydrogen (secondary N) is 2. The Balaban J connectivity index is 2.66. The summed E-state index contributed by atoms with van der Waals surface area (Å²) in [4.78, 5) is 0. The maximum Gasteiger partial charge on any atom is 0.277 e. The van der Waals surface area contributed by atoms with Gasteiger partial charge in [-0.15, -0.1) is 0 Å². The summed E-state index contributed by atoms with van der Waals surface area (Å²) in [6.45, 7) is 3.56. The van der Waals surface area contributed by atoms with Gasteiger partial charge in [-0.25, -0.2) is 0 Å². The highest BCUT2D eigenvalue weighted by molar-refractivity contribution is 7.87. The second kappa shape index (κ2) is 4.98. The lowest BCUT2D eigenvalue weighted by Gasteiger charge is -2.20. The summed E-state index contributed by atoms with van der Waals surface area (Å²) in [7, 11) is -3.59. The number of nitrogens with zero attached hydrogens (tertiary/aromatic N) is 1. The van der Waals surface area contributed by atoms with Crippen molar-refractivity contribution in [1.29, 1.82) is 0 Å². The van der Waals surface area contributed by atoms with Crippen molar-refractivity contribution < 1.29 is 13.6 Å². The average molecular weight is 250 g/mol. The van der Waals surface area contributed by atoms with Crippen molar-refractivity contribution in [3.05, 3.63) is 0 Å². The Morgan fingerprint density at radius 1 is 1.50 bits per heavy atom. The Labute approximate surface area is 95.3 Å². The van der Waals surface area contributed by atoms with Crippen LogP contribution in [0.1, 0.15) is 26.7 Å². The van der Waals surface area contributed by atoms with E-state index in [1.54, 1.807) is 13.8 Å². The number of hydrogen-bond donors (Lipinski definition) is 4. The van der Waals surface area contributed by atoms with E-state index in [0.717, 1.165) is 12.8 Å². The average Bonchev–Trinajstić information content (AvgIpc) is 2.95. The molecule has 7 nitrogen and oxygen atoms in total. The second-order valence-electron chi connectivity index (χ2n) is 4.26. The van der Waals surface area contributed by atoms with Crippen LogP contribution in [0.15, 0.2) is 5.16 Å². The molecule has 0 aromatic rings. The van der Waals surface area contributed by atoms with E-state index in [1.807, 2.05) is 0 Å². The summed E-state index contributed by atoms with van der Waals surface area (Å²) in [5, 5.41) is 11.4. The predicted molar refractivity (Wildman–Crippen MR) is 60.2 cm³/mol. The summed E-state index contributed by atoms with van der Waals surface area (Å²) in [5.41, 5.74) is 5.42. The molecule has 0 radical (unpaired) electrons. The van der Waals surface area contributed by atoms with Crippen LogP contribution in [-0.4, -0.2) is 31.5 Å². The molecule has 0 heterocycles. The molecule has 1 saturated carbocycles. The third kappa shape index (κ3) is 3.95. The van der Waals surface area contributed by atoms with Crippen molar-refractivity contribution in [3.8, 4) is 0 Å². The van der Waals surface area contributed by atoms with Crippen LogP contribution in [0.2, 0.25) is 0 Å². The van der Waals surface area contributed by atoms with Crippen LogP contribution in [0.25, 0.3) is 0 Å². The Kier molecular flexibility index (Phi) is 4.11. The predicted octanol–water partition coefficient (Wildman–Crippen LogP) is -0.656. The van der Waals surface area contributed by atoms with Crippen molar-refractivity contribution >= 4 is 16.0 Å². The molecule has 0 aromatic heterocycles. The van der Waals surface area contributed by atoms with Crippen LogP contribution < -0.4 is 15.2 Å². The molecule has 94 valence electrons. The molecule has 1 unspecified atom stereocenters. The Hall–Kier alpha value is -0.860. The van der Waals surface area contributed by atoms with Gasteiger partial charge in [-0.05, 0) is 18.8 Å². The van der Waals surface area contributed by atoms with Gasteiger partial charge in [-0.2, -0.15) is 17.9 Å². The first kappa shape index (κ1) is 13.2. The van der Waals surface area contributed by atoms with Crippen molar-refractivity contribution in [3.63, 3.8) is 0 Å². The normalized spacial score (nSPS) is 20.1. The van der Waals surface area contributed by atoms with Crippen LogP contribution >= 0.6 is 0 Å². The SMILES string of the molecule is CC(C)C(NS(=O)(=O)NC1CC1)C(N)=NO. The summed E-state index contributed by atoms with van der Waals surface area (Å²) in [6.07, 6.45) is 1.72. The smallest absolute Gasteiger partial charge is 0.277 e. The van der Waals surface area contributed by atoms with Gasteiger partial charge in [-0.1, -0.05) is 19.0 Å². The highest BCUT2D eigenvalue weighted by Gasteiger charge is 2.30. The topological polar surface area (TPSA) is 117 Å². The van der Waals surface area contributed by atoms with E-state index in [-0.39, 0.29) is 17.8 Å². The first-order valence-corrected chi connectivity index (χ1v) is 6.61. The standard InChI is InChI=1S/C8H18N4O3S/c1-5(2)7(8(9)10-13)12-16(14,15)11-6-3-4-6/h5-7,11-13H,3-4H2,1-2H3,(H2,9,10). The largest absolute Gasteiger partial charge is 0.409 e. The van der Waals surface area contributed by atoms with Gasteiger partial charge in [0.2, 0.25) is 0 Å². The van der Waals surface area contributed by atoms with Gasteiger partial charge in [-0.3, -0.25) is 0 Å². The van der Waals surface area contributed by atoms with Gasteiger partial charge in [0.25, 0.3) is 10.2 Å². The first-order valence-electron chi connectivity index (χ1n) is 5.12. The Morgan fingerprint density at radius 3 is 2.44 bits per heavy atom. The monoisotopic (exact) mass is 250 g/mol. The lowest BCUT2D eigenvalue weighted by Crippen LogP contribution is -2.51. The van der Waals surface area contributed by atoms with E-state index in [2.05, 4.69) is 14.6 Å². The molecule has 0 aliphatic heterocycles. The molecule has 0 amide bonds. The molecule has 1 rings (SSSR count). The van der Waals surface area contributed by atoms with E-state index >= 15 is 0 Å². The highest BCUT2D eigenvalue weighted by Crippen LogP contribution is 2.19. The number of oxime groups is 1. The molecule has 1 aliphatic carbocycles. The molecular formula is C8H18N4O3S. The molecule has 0 aromatic carbocycles. The van der Waals surface area contributed by atoms with Gasteiger partial charge < -0.3 is 10.9 Å². The van der Waals surface area contributed by atoms with Crippen LogP contribution in [0.5, 0.6) is 0 Å². The third-order valence-electron chi connectivity index (χ3n) is 2.28. The number of hydrogen-bond acceptors (Lipinski definition) is 4. The summed E-state index contributed by atoms with van der Waals surface area (Å²) >= 11 is 0. The number of nitrogens with two attached hydrogens (primary N) is 1. The maximum absolute atomic E-state index is 11.6. The van der Waals surface area contributed by atoms with Gasteiger partial charge in [0, 0.05) is 6.04 Å². The zero-order chi connectivity index (χ0) is 12.3. The fraction of sp³-hybridized carbons (Fsp3) is 0.875. The van der Waals surface area contributed by atoms with Crippen molar-refractivity contribution in [2.24, 2.45) is 16.8 Å². The highest BCUT2D eigenvalue weighted by atomic mass is 32.2. The van der Waals surface area contributed by atoms with Crippen LogP contribution in [0, 0.1) is 5.92 Å². The lowest BCUT2D eigenvalue weighted by molar-refractivity contribution is 0.313. The minimum atomic E-state index is -3.59. The molecule has 1 aliphatic rings. The molecule has 0 spiro atoms. The van der Waals surface area contributed by atoms with Gasteiger partial charge >= 0.3 is 0 Å². The first-order chi connectivity index (χ1) is 7.35. The summed E-state index contributed by atoms with van der Waals surface area (Å²) in [6, 6.07) is -0.682. The van der Waals surface area contributed by atoms with E-state index in [1.165, 1.54) is 0 Å². The molecule has 8 heteroatoms. The third-order valence-corrected chi connectivity index (χ3v) is 3.49. The minimum absolute atomic E-state index is 0.0256. The van der Waals surface area contributed by atoms with E-state index in [0.29, 0.717) is 0 Å². The minimum Gasteiger partial charge on any atom is -0.409 e. The summed E-state index contributed by atoms with van der Waals surface area (Å²) < 4.78 is 28.0. The fourth-order valence-electron chi connectivity index (χ4n) is 1.22. The maximum atomic E-state index is 11.6. The zero-order valence-electron chi connectivity index (χ0n) is 9.34. The fourth-order valence-corrected chi connectivity index (χ4v) is 2.69. The number of amidine groups is 1. The zero-order valence-corrected chi connectivity index (χ0v) is 10.2. The lowest BCUT2D eigenvalue weighted by atomic mass is 10.1. The van der Waals surface area contributed by atoms with Gasteiger partial charge in [0.15, 0.2) is 5.84 Å². The summed E-state index contributed by atoms with van der Waals surface area (Å²) in [5.74, 6) is -0.247. The molecular weight excluding hydrogens is 232 g/mol. The molecule has 1 fully saturated rings. The molecule has 0 saturated heterocycles. The molecule has 1 atom stereocenters. The quantitative estimate of drug-likeness (QED) is 0.217. The van der Waals surface area contributed by atoms with Crippen LogP contribution in [0.3, 0.4) is 0 Å². The van der Waals surface area contributed by atoms with Crippen molar-refractivity contribution in [2.75, 3.05) is 0 Å². The molecule has 16 heavy (non-hydrogen) atoms. The van der Waals surface area contributed by atoms with Crippen LogP contribution in [-0.2, 0) is 10.2 Å². The molecule has 5 N–H and O–H groups in total. The van der Waals surface area contributed by atoms with Gasteiger partial charge in [0.1, 0.15) is 0 Å². The van der Waals surface area contributed by atoms with E-state index in [9.17, 15) is 8.42 Å².